The summed E-state index contributed by atoms with van der Waals surface area (Å²) in [5.41, 5.74) is 6.63. The summed E-state index contributed by atoms with van der Waals surface area (Å²) in [6.07, 6.45) is 10.0. The molecule has 2 N–H and O–H groups in total. The van der Waals surface area contributed by atoms with Crippen LogP contribution in [0.1, 0.15) is 56.7 Å². The zero-order valence-electron chi connectivity index (χ0n) is 11.3. The zero-order valence-corrected chi connectivity index (χ0v) is 12.8. The minimum atomic E-state index is 0.0106. The average Bonchev–Trinajstić information content (AvgIpc) is 2.62. The second-order valence-corrected chi connectivity index (χ2v) is 7.63. The Morgan fingerprint density at radius 1 is 1.39 bits per heavy atom. The van der Waals surface area contributed by atoms with Crippen molar-refractivity contribution in [3.63, 3.8) is 0 Å². The second kappa shape index (κ2) is 6.40. The van der Waals surface area contributed by atoms with E-state index < -0.39 is 0 Å². The van der Waals surface area contributed by atoms with Gasteiger partial charge in [-0.3, -0.25) is 0 Å². The fourth-order valence-electron chi connectivity index (χ4n) is 3.17. The Labute approximate surface area is 120 Å². The molecule has 102 valence electrons. The monoisotopic (exact) mass is 285 g/mol. The van der Waals surface area contributed by atoms with E-state index in [1.54, 1.807) is 11.3 Å². The Morgan fingerprint density at radius 2 is 2.22 bits per heavy atom. The predicted molar refractivity (Wildman–Crippen MR) is 81.4 cm³/mol. The molecule has 0 spiro atoms. The number of hydrogen-bond acceptors (Lipinski definition) is 2. The van der Waals surface area contributed by atoms with Crippen LogP contribution < -0.4 is 5.73 Å². The molecular weight excluding hydrogens is 262 g/mol. The third kappa shape index (κ3) is 3.97. The van der Waals surface area contributed by atoms with Crippen LogP contribution in [-0.4, -0.2) is 5.54 Å². The SMILES string of the molecule is CCCC1CCCC(N)(Cc2ccc(Cl)s2)CC1. The molecule has 0 amide bonds. The minimum Gasteiger partial charge on any atom is -0.325 e. The molecule has 3 heteroatoms. The van der Waals surface area contributed by atoms with Gasteiger partial charge in [0.2, 0.25) is 0 Å². The first-order valence-electron chi connectivity index (χ1n) is 7.14. The highest BCUT2D eigenvalue weighted by molar-refractivity contribution is 7.16. The summed E-state index contributed by atoms with van der Waals surface area (Å²) < 4.78 is 0.881. The molecule has 2 atom stereocenters. The van der Waals surface area contributed by atoms with Crippen molar-refractivity contribution in [3.8, 4) is 0 Å². The quantitative estimate of drug-likeness (QED) is 0.772. The number of nitrogens with two attached hydrogens (primary N) is 1. The third-order valence-corrected chi connectivity index (χ3v) is 5.42. The van der Waals surface area contributed by atoms with Crippen molar-refractivity contribution < 1.29 is 0 Å². The smallest absolute Gasteiger partial charge is 0.0931 e. The fraction of sp³-hybridized carbons (Fsp3) is 0.733. The lowest BCUT2D eigenvalue weighted by atomic mass is 9.86. The van der Waals surface area contributed by atoms with Crippen LogP contribution >= 0.6 is 22.9 Å². The van der Waals surface area contributed by atoms with E-state index in [0.717, 1.165) is 16.7 Å². The Balaban J connectivity index is 1.94. The lowest BCUT2D eigenvalue weighted by molar-refractivity contribution is 0.357. The average molecular weight is 286 g/mol. The predicted octanol–water partition coefficient (Wildman–Crippen LogP) is 5.02. The van der Waals surface area contributed by atoms with Gasteiger partial charge in [0.05, 0.1) is 4.34 Å². The Bertz CT molecular complexity index is 376. The molecule has 0 saturated heterocycles. The Morgan fingerprint density at radius 3 is 2.89 bits per heavy atom. The lowest BCUT2D eigenvalue weighted by Crippen LogP contribution is -2.41. The van der Waals surface area contributed by atoms with Gasteiger partial charge >= 0.3 is 0 Å². The van der Waals surface area contributed by atoms with Crippen LogP contribution in [-0.2, 0) is 6.42 Å². The molecule has 1 aliphatic rings. The van der Waals surface area contributed by atoms with Crippen LogP contribution in [0.5, 0.6) is 0 Å². The van der Waals surface area contributed by atoms with E-state index in [0.29, 0.717) is 0 Å². The summed E-state index contributed by atoms with van der Waals surface area (Å²) >= 11 is 7.68. The van der Waals surface area contributed by atoms with E-state index in [4.69, 9.17) is 17.3 Å². The van der Waals surface area contributed by atoms with Crippen molar-refractivity contribution in [3.05, 3.63) is 21.3 Å². The third-order valence-electron chi connectivity index (χ3n) is 4.19. The van der Waals surface area contributed by atoms with Crippen molar-refractivity contribution in [1.82, 2.24) is 0 Å². The highest BCUT2D eigenvalue weighted by atomic mass is 35.5. The van der Waals surface area contributed by atoms with E-state index in [-0.39, 0.29) is 5.54 Å². The van der Waals surface area contributed by atoms with E-state index in [2.05, 4.69) is 13.0 Å². The summed E-state index contributed by atoms with van der Waals surface area (Å²) in [5, 5.41) is 0. The van der Waals surface area contributed by atoms with Crippen LogP contribution in [0.25, 0.3) is 0 Å². The zero-order chi connectivity index (χ0) is 13.0. The molecule has 0 radical (unpaired) electrons. The maximum absolute atomic E-state index is 6.62. The molecule has 0 aromatic carbocycles. The Kier molecular flexibility index (Phi) is 5.11. The number of hydrogen-bond donors (Lipinski definition) is 1. The second-order valence-electron chi connectivity index (χ2n) is 5.83. The summed E-state index contributed by atoms with van der Waals surface area (Å²) in [6, 6.07) is 4.12. The minimum absolute atomic E-state index is 0.0106. The molecule has 1 aliphatic carbocycles. The van der Waals surface area contributed by atoms with Crippen LogP contribution in [0.2, 0.25) is 4.34 Å². The van der Waals surface area contributed by atoms with E-state index in [9.17, 15) is 0 Å². The van der Waals surface area contributed by atoms with Gasteiger partial charge in [-0.05, 0) is 43.7 Å². The maximum Gasteiger partial charge on any atom is 0.0931 e. The molecule has 0 bridgehead atoms. The topological polar surface area (TPSA) is 26.0 Å². The number of thiophene rings is 1. The normalized spacial score (nSPS) is 29.2. The summed E-state index contributed by atoms with van der Waals surface area (Å²) in [6.45, 7) is 2.29. The first-order valence-corrected chi connectivity index (χ1v) is 8.34. The van der Waals surface area contributed by atoms with Gasteiger partial charge in [-0.15, -0.1) is 11.3 Å². The van der Waals surface area contributed by atoms with E-state index in [1.807, 2.05) is 6.07 Å². The molecule has 1 aromatic rings. The number of rotatable bonds is 4. The van der Waals surface area contributed by atoms with Crippen molar-refractivity contribution in [2.24, 2.45) is 11.7 Å². The molecule has 2 rings (SSSR count). The van der Waals surface area contributed by atoms with Crippen molar-refractivity contribution in [2.75, 3.05) is 0 Å². The lowest BCUT2D eigenvalue weighted by Gasteiger charge is -2.27. The van der Waals surface area contributed by atoms with Gasteiger partial charge in [0.15, 0.2) is 0 Å². The summed E-state index contributed by atoms with van der Waals surface area (Å²) in [7, 11) is 0. The van der Waals surface area contributed by atoms with Crippen LogP contribution in [0.4, 0.5) is 0 Å². The molecule has 1 heterocycles. The van der Waals surface area contributed by atoms with Gasteiger partial charge in [0, 0.05) is 10.4 Å². The van der Waals surface area contributed by atoms with Crippen LogP contribution in [0.3, 0.4) is 0 Å². The molecule has 1 fully saturated rings. The van der Waals surface area contributed by atoms with Gasteiger partial charge < -0.3 is 5.73 Å². The highest BCUT2D eigenvalue weighted by Gasteiger charge is 2.29. The van der Waals surface area contributed by atoms with Gasteiger partial charge in [-0.1, -0.05) is 44.2 Å². The van der Waals surface area contributed by atoms with Gasteiger partial charge in [0.1, 0.15) is 0 Å². The standard InChI is InChI=1S/C15H24ClNS/c1-2-4-12-5-3-9-15(17,10-8-12)11-13-6-7-14(16)18-13/h6-7,12H,2-5,8-11,17H2,1H3. The fourth-order valence-corrected chi connectivity index (χ4v) is 4.41. The van der Waals surface area contributed by atoms with Crippen LogP contribution in [0.15, 0.2) is 12.1 Å². The van der Waals surface area contributed by atoms with Gasteiger partial charge in [-0.2, -0.15) is 0 Å². The summed E-state index contributed by atoms with van der Waals surface area (Å²) in [4.78, 5) is 1.34. The molecule has 1 aromatic heterocycles. The van der Waals surface area contributed by atoms with E-state index >= 15 is 0 Å². The van der Waals surface area contributed by atoms with Crippen molar-refractivity contribution in [1.29, 1.82) is 0 Å². The van der Waals surface area contributed by atoms with Gasteiger partial charge in [-0.25, -0.2) is 0 Å². The first-order chi connectivity index (χ1) is 8.61. The molecule has 0 aliphatic heterocycles. The van der Waals surface area contributed by atoms with Crippen LogP contribution in [0, 0.1) is 5.92 Å². The molecular formula is C15H24ClNS. The largest absolute Gasteiger partial charge is 0.325 e. The number of halogens is 1. The Hall–Kier alpha value is -0.0500. The van der Waals surface area contributed by atoms with E-state index in [1.165, 1.54) is 49.8 Å². The first kappa shape index (κ1) is 14.4. The summed E-state index contributed by atoms with van der Waals surface area (Å²) in [5.74, 6) is 0.910. The maximum atomic E-state index is 6.62. The molecule has 1 nitrogen and oxygen atoms in total. The molecule has 1 saturated carbocycles. The molecule has 18 heavy (non-hydrogen) atoms. The van der Waals surface area contributed by atoms with Gasteiger partial charge in [0.25, 0.3) is 0 Å². The molecule has 2 unspecified atom stereocenters. The van der Waals surface area contributed by atoms with Crippen molar-refractivity contribution in [2.45, 2.75) is 63.8 Å². The highest BCUT2D eigenvalue weighted by Crippen LogP contribution is 2.35. The van der Waals surface area contributed by atoms with Crippen molar-refractivity contribution >= 4 is 22.9 Å².